The first-order valence-electron chi connectivity index (χ1n) is 4.96. The molecule has 2 heteroatoms. The Balaban J connectivity index is 0. The zero-order valence-corrected chi connectivity index (χ0v) is 10.0. The molecular weight excluding hydrogens is 191 g/mol. The number of methoxy groups -OCH3 is 1. The number of alkyl halides is 1. The van der Waals surface area contributed by atoms with E-state index in [1.54, 1.807) is 7.11 Å². The number of ether oxygens (including phenoxy) is 1. The lowest BCUT2D eigenvalue weighted by Gasteiger charge is -2.02. The SMILES string of the molecule is C#C.COC(/C=C\CC(C)C)=C/C(C)F. The van der Waals surface area contributed by atoms with Crippen molar-refractivity contribution in [2.24, 2.45) is 5.92 Å². The molecule has 1 unspecified atom stereocenters. The van der Waals surface area contributed by atoms with E-state index in [0.717, 1.165) is 6.42 Å². The van der Waals surface area contributed by atoms with Gasteiger partial charge in [0.05, 0.1) is 7.11 Å². The fourth-order valence-electron chi connectivity index (χ4n) is 0.874. The Morgan fingerprint density at radius 1 is 1.33 bits per heavy atom. The van der Waals surface area contributed by atoms with Gasteiger partial charge in [0, 0.05) is 0 Å². The summed E-state index contributed by atoms with van der Waals surface area (Å²) in [5, 5.41) is 0. The molecule has 0 bridgehead atoms. The van der Waals surface area contributed by atoms with Crippen LogP contribution in [-0.2, 0) is 4.74 Å². The Bertz CT molecular complexity index is 212. The van der Waals surface area contributed by atoms with Gasteiger partial charge in [-0.3, -0.25) is 0 Å². The molecule has 0 saturated carbocycles. The van der Waals surface area contributed by atoms with Crippen LogP contribution in [0.3, 0.4) is 0 Å². The molecule has 0 radical (unpaired) electrons. The third-order valence-corrected chi connectivity index (χ3v) is 1.52. The number of rotatable bonds is 5. The fraction of sp³-hybridized carbons (Fsp3) is 0.538. The molecule has 0 heterocycles. The molecule has 0 N–H and O–H groups in total. The fourth-order valence-corrected chi connectivity index (χ4v) is 0.874. The molecule has 0 aromatic heterocycles. The van der Waals surface area contributed by atoms with Crippen molar-refractivity contribution >= 4 is 0 Å². The molecule has 0 aromatic rings. The maximum Gasteiger partial charge on any atom is 0.119 e. The lowest BCUT2D eigenvalue weighted by Crippen LogP contribution is -1.91. The van der Waals surface area contributed by atoms with Gasteiger partial charge in [-0.05, 0) is 31.4 Å². The Labute approximate surface area is 93.0 Å². The minimum atomic E-state index is -0.960. The van der Waals surface area contributed by atoms with Crippen molar-refractivity contribution in [1.29, 1.82) is 0 Å². The van der Waals surface area contributed by atoms with Crippen LogP contribution in [-0.4, -0.2) is 13.3 Å². The van der Waals surface area contributed by atoms with E-state index in [-0.39, 0.29) is 0 Å². The zero-order chi connectivity index (χ0) is 12.3. The lowest BCUT2D eigenvalue weighted by atomic mass is 10.1. The molecule has 1 nitrogen and oxygen atoms in total. The summed E-state index contributed by atoms with van der Waals surface area (Å²) in [5.41, 5.74) is 0. The smallest absolute Gasteiger partial charge is 0.119 e. The van der Waals surface area contributed by atoms with Gasteiger partial charge < -0.3 is 4.74 Å². The van der Waals surface area contributed by atoms with E-state index < -0.39 is 6.17 Å². The molecule has 86 valence electrons. The van der Waals surface area contributed by atoms with Crippen LogP contribution in [0.4, 0.5) is 4.39 Å². The number of allylic oxidation sites excluding steroid dienone is 3. The summed E-state index contributed by atoms with van der Waals surface area (Å²) >= 11 is 0. The third-order valence-electron chi connectivity index (χ3n) is 1.52. The first-order valence-corrected chi connectivity index (χ1v) is 4.96. The molecule has 0 aliphatic heterocycles. The lowest BCUT2D eigenvalue weighted by molar-refractivity contribution is 0.297. The van der Waals surface area contributed by atoms with Gasteiger partial charge >= 0.3 is 0 Å². The third kappa shape index (κ3) is 12.8. The second-order valence-electron chi connectivity index (χ2n) is 3.48. The summed E-state index contributed by atoms with van der Waals surface area (Å²) in [4.78, 5) is 0. The molecule has 0 rings (SSSR count). The second-order valence-corrected chi connectivity index (χ2v) is 3.48. The van der Waals surface area contributed by atoms with Gasteiger partial charge in [-0.2, -0.15) is 0 Å². The van der Waals surface area contributed by atoms with Gasteiger partial charge in [-0.25, -0.2) is 4.39 Å². The first kappa shape index (κ1) is 16.2. The van der Waals surface area contributed by atoms with E-state index in [0.29, 0.717) is 11.7 Å². The van der Waals surface area contributed by atoms with Crippen LogP contribution in [0.15, 0.2) is 24.0 Å². The van der Waals surface area contributed by atoms with Gasteiger partial charge in [-0.15, -0.1) is 12.8 Å². The summed E-state index contributed by atoms with van der Waals surface area (Å²) in [6.07, 6.45) is 13.3. The van der Waals surface area contributed by atoms with Crippen molar-refractivity contribution in [3.63, 3.8) is 0 Å². The molecule has 1 atom stereocenters. The largest absolute Gasteiger partial charge is 0.497 e. The molecule has 0 aliphatic carbocycles. The number of hydrogen-bond donors (Lipinski definition) is 0. The van der Waals surface area contributed by atoms with Crippen molar-refractivity contribution in [2.75, 3.05) is 7.11 Å². The van der Waals surface area contributed by atoms with Crippen molar-refractivity contribution in [2.45, 2.75) is 33.4 Å². The minimum Gasteiger partial charge on any atom is -0.497 e. The molecule has 0 aliphatic rings. The van der Waals surface area contributed by atoms with Crippen molar-refractivity contribution in [3.05, 3.63) is 24.0 Å². The highest BCUT2D eigenvalue weighted by molar-refractivity contribution is 5.13. The van der Waals surface area contributed by atoms with Gasteiger partial charge in [0.25, 0.3) is 0 Å². The van der Waals surface area contributed by atoms with E-state index in [9.17, 15) is 4.39 Å². The van der Waals surface area contributed by atoms with E-state index >= 15 is 0 Å². The number of halogens is 1. The quantitative estimate of drug-likeness (QED) is 0.383. The van der Waals surface area contributed by atoms with Gasteiger partial charge in [0.2, 0.25) is 0 Å². The van der Waals surface area contributed by atoms with Crippen LogP contribution >= 0.6 is 0 Å². The van der Waals surface area contributed by atoms with Crippen molar-refractivity contribution in [1.82, 2.24) is 0 Å². The van der Waals surface area contributed by atoms with E-state index in [2.05, 4.69) is 26.7 Å². The molecule has 0 spiro atoms. The predicted molar refractivity (Wildman–Crippen MR) is 64.1 cm³/mol. The Hall–Kier alpha value is -1.23. The molecule has 0 fully saturated rings. The molecule has 0 aromatic carbocycles. The highest BCUT2D eigenvalue weighted by Gasteiger charge is 1.95. The number of hydrogen-bond acceptors (Lipinski definition) is 1. The normalized spacial score (nSPS) is 13.5. The van der Waals surface area contributed by atoms with Crippen molar-refractivity contribution < 1.29 is 9.13 Å². The van der Waals surface area contributed by atoms with E-state index in [1.165, 1.54) is 13.0 Å². The second kappa shape index (κ2) is 10.8. The molecule has 0 saturated heterocycles. The summed E-state index contributed by atoms with van der Waals surface area (Å²) in [7, 11) is 1.55. The summed E-state index contributed by atoms with van der Waals surface area (Å²) < 4.78 is 17.5. The highest BCUT2D eigenvalue weighted by atomic mass is 19.1. The summed E-state index contributed by atoms with van der Waals surface area (Å²) in [5.74, 6) is 1.22. The van der Waals surface area contributed by atoms with Crippen LogP contribution in [0, 0.1) is 18.8 Å². The molecule has 0 amide bonds. The first-order chi connectivity index (χ1) is 7.06. The minimum absolute atomic E-state index is 0.593. The van der Waals surface area contributed by atoms with Crippen LogP contribution in [0.5, 0.6) is 0 Å². The Morgan fingerprint density at radius 3 is 2.20 bits per heavy atom. The van der Waals surface area contributed by atoms with E-state index in [1.807, 2.05) is 12.2 Å². The van der Waals surface area contributed by atoms with Crippen LogP contribution < -0.4 is 0 Å². The van der Waals surface area contributed by atoms with Crippen LogP contribution in [0.2, 0.25) is 0 Å². The summed E-state index contributed by atoms with van der Waals surface area (Å²) in [6.45, 7) is 5.76. The van der Waals surface area contributed by atoms with E-state index in [4.69, 9.17) is 4.74 Å². The van der Waals surface area contributed by atoms with Gasteiger partial charge in [0.15, 0.2) is 0 Å². The molecular formula is C13H21FO. The van der Waals surface area contributed by atoms with Crippen LogP contribution in [0.25, 0.3) is 0 Å². The van der Waals surface area contributed by atoms with Gasteiger partial charge in [-0.1, -0.05) is 19.9 Å². The average molecular weight is 212 g/mol. The maximum absolute atomic E-state index is 12.5. The topological polar surface area (TPSA) is 9.23 Å². The van der Waals surface area contributed by atoms with Crippen LogP contribution in [0.1, 0.15) is 27.2 Å². The average Bonchev–Trinajstić information content (AvgIpc) is 2.18. The standard InChI is InChI=1S/C11H19FO.C2H2/c1-9(2)6-5-7-11(13-4)8-10(3)12;1-2/h5,7-10H,6H2,1-4H3;1-2H/b7-5-,11-8+;. The zero-order valence-electron chi connectivity index (χ0n) is 10.0. The maximum atomic E-state index is 12.5. The Morgan fingerprint density at radius 2 is 1.87 bits per heavy atom. The van der Waals surface area contributed by atoms with Gasteiger partial charge in [0.1, 0.15) is 11.9 Å². The monoisotopic (exact) mass is 212 g/mol. The number of terminal acetylenes is 1. The predicted octanol–water partition coefficient (Wildman–Crippen LogP) is 3.73. The Kier molecular flexibility index (Phi) is 11.7. The highest BCUT2D eigenvalue weighted by Crippen LogP contribution is 2.06. The van der Waals surface area contributed by atoms with Crippen molar-refractivity contribution in [3.8, 4) is 12.8 Å². The molecule has 15 heavy (non-hydrogen) atoms. The summed E-state index contributed by atoms with van der Waals surface area (Å²) in [6, 6.07) is 0.